The van der Waals surface area contributed by atoms with E-state index in [2.05, 4.69) is 72.8 Å². The van der Waals surface area contributed by atoms with Crippen LogP contribution in [0.15, 0.2) is 24.3 Å². The summed E-state index contributed by atoms with van der Waals surface area (Å²) in [5.41, 5.74) is 0. The third kappa shape index (κ3) is 73.6. The first-order chi connectivity index (χ1) is 47.7. The number of aliphatic hydroxyl groups is 1. The molecule has 19 heteroatoms. The highest BCUT2D eigenvalue weighted by Gasteiger charge is 2.30. The Morgan fingerprint density at radius 3 is 0.818 bits per heavy atom. The van der Waals surface area contributed by atoms with E-state index in [9.17, 15) is 43.2 Å². The highest BCUT2D eigenvalue weighted by Crippen LogP contribution is 2.45. The van der Waals surface area contributed by atoms with Gasteiger partial charge in [-0.25, -0.2) is 9.13 Å². The molecule has 0 aromatic carbocycles. The van der Waals surface area contributed by atoms with Gasteiger partial charge in [-0.15, -0.1) is 0 Å². The van der Waals surface area contributed by atoms with Gasteiger partial charge in [0.15, 0.2) is 12.2 Å². The van der Waals surface area contributed by atoms with Gasteiger partial charge in [0, 0.05) is 25.7 Å². The fraction of sp³-hybridized carbons (Fsp3) is 0.900. The van der Waals surface area contributed by atoms with Gasteiger partial charge in [-0.1, -0.05) is 336 Å². The predicted molar refractivity (Wildman–Crippen MR) is 404 cm³/mol. The first-order valence-electron chi connectivity index (χ1n) is 40.7. The van der Waals surface area contributed by atoms with E-state index in [0.29, 0.717) is 31.6 Å². The highest BCUT2D eigenvalue weighted by molar-refractivity contribution is 7.47. The largest absolute Gasteiger partial charge is 0.472 e. The van der Waals surface area contributed by atoms with Crippen LogP contribution in [0.5, 0.6) is 0 Å². The number of carbonyl (C=O) groups is 4. The second kappa shape index (κ2) is 69.9. The summed E-state index contributed by atoms with van der Waals surface area (Å²) >= 11 is 0. The molecule has 5 atom stereocenters. The molecule has 0 aliphatic heterocycles. The molecular formula is C80H152O17P2. The van der Waals surface area contributed by atoms with Crippen LogP contribution in [-0.4, -0.2) is 96.7 Å². The number of esters is 4. The summed E-state index contributed by atoms with van der Waals surface area (Å²) < 4.78 is 68.6. The third-order valence-corrected chi connectivity index (χ3v) is 19.9. The number of hydrogen-bond donors (Lipinski definition) is 3. The summed E-state index contributed by atoms with van der Waals surface area (Å²) in [6, 6.07) is 0. The number of allylic oxidation sites excluding steroid dienone is 4. The van der Waals surface area contributed by atoms with Gasteiger partial charge in [-0.05, 0) is 69.1 Å². The zero-order chi connectivity index (χ0) is 73.0. The van der Waals surface area contributed by atoms with Gasteiger partial charge in [0.25, 0.3) is 0 Å². The molecule has 0 fully saturated rings. The quantitative estimate of drug-likeness (QED) is 0.0169. The molecule has 3 unspecified atom stereocenters. The summed E-state index contributed by atoms with van der Waals surface area (Å²) in [4.78, 5) is 72.9. The Morgan fingerprint density at radius 2 is 0.545 bits per heavy atom. The Morgan fingerprint density at radius 1 is 0.313 bits per heavy atom. The monoisotopic (exact) mass is 1450 g/mol. The van der Waals surface area contributed by atoms with E-state index in [4.69, 9.17) is 37.0 Å². The number of rotatable bonds is 76. The SMILES string of the molecule is CCCCCC/C=C\C=C/CCCCCCCC(=O)O[C@H](COC(=O)CCCCCCCCCC(C)C)COP(=O)(O)OCC(O)COP(=O)(O)OC[C@@H](COC(=O)CCCCCCCCCCCCCCC(C)C)OC(=O)CCCCCCCCCCCCCCCCCCC(C)C. The summed E-state index contributed by atoms with van der Waals surface area (Å²) in [6.45, 7) is 11.8. The molecule has 0 radical (unpaired) electrons. The lowest BCUT2D eigenvalue weighted by molar-refractivity contribution is -0.161. The number of hydrogen-bond acceptors (Lipinski definition) is 15. The summed E-state index contributed by atoms with van der Waals surface area (Å²) in [7, 11) is -9.93. The number of unbranched alkanes of at least 4 members (excludes halogenated alkanes) is 41. The van der Waals surface area contributed by atoms with Crippen molar-refractivity contribution < 1.29 is 80.2 Å². The Balaban J connectivity index is 5.27. The molecule has 0 bridgehead atoms. The van der Waals surface area contributed by atoms with Gasteiger partial charge in [0.05, 0.1) is 26.4 Å². The average Bonchev–Trinajstić information content (AvgIpc) is 1.04. The second-order valence-corrected chi connectivity index (χ2v) is 32.5. The van der Waals surface area contributed by atoms with Crippen LogP contribution >= 0.6 is 15.6 Å². The minimum absolute atomic E-state index is 0.0841. The van der Waals surface area contributed by atoms with E-state index in [-0.39, 0.29) is 25.7 Å². The Kier molecular flexibility index (Phi) is 68.1. The fourth-order valence-electron chi connectivity index (χ4n) is 11.8. The zero-order valence-electron chi connectivity index (χ0n) is 64.4. The molecule has 0 saturated carbocycles. The van der Waals surface area contributed by atoms with Crippen LogP contribution in [0.25, 0.3) is 0 Å². The Hall–Kier alpha value is -2.46. The van der Waals surface area contributed by atoms with Crippen LogP contribution < -0.4 is 0 Å². The lowest BCUT2D eigenvalue weighted by atomic mass is 10.0. The molecule has 0 aliphatic carbocycles. The lowest BCUT2D eigenvalue weighted by Gasteiger charge is -2.21. The average molecular weight is 1450 g/mol. The van der Waals surface area contributed by atoms with Gasteiger partial charge < -0.3 is 33.8 Å². The predicted octanol–water partition coefficient (Wildman–Crippen LogP) is 23.3. The number of phosphoric acid groups is 2. The van der Waals surface area contributed by atoms with Crippen molar-refractivity contribution in [3.05, 3.63) is 24.3 Å². The molecule has 0 heterocycles. The summed E-state index contributed by atoms with van der Waals surface area (Å²) in [6.07, 6.45) is 60.5. The third-order valence-electron chi connectivity index (χ3n) is 18.0. The van der Waals surface area contributed by atoms with Crippen LogP contribution in [0.4, 0.5) is 0 Å². The van der Waals surface area contributed by atoms with Gasteiger partial charge in [-0.2, -0.15) is 0 Å². The fourth-order valence-corrected chi connectivity index (χ4v) is 13.3. The van der Waals surface area contributed by atoms with Crippen molar-refractivity contribution >= 4 is 39.5 Å². The topological polar surface area (TPSA) is 237 Å². The van der Waals surface area contributed by atoms with Crippen molar-refractivity contribution in [2.45, 2.75) is 407 Å². The molecule has 0 aromatic heterocycles. The van der Waals surface area contributed by atoms with Crippen molar-refractivity contribution in [2.24, 2.45) is 17.8 Å². The van der Waals surface area contributed by atoms with Gasteiger partial charge in [-0.3, -0.25) is 37.3 Å². The van der Waals surface area contributed by atoms with E-state index in [1.54, 1.807) is 0 Å². The van der Waals surface area contributed by atoms with Gasteiger partial charge in [0.2, 0.25) is 0 Å². The Labute approximate surface area is 605 Å². The van der Waals surface area contributed by atoms with E-state index < -0.39 is 97.5 Å². The number of carbonyl (C=O) groups excluding carboxylic acids is 4. The molecule has 99 heavy (non-hydrogen) atoms. The van der Waals surface area contributed by atoms with E-state index in [0.717, 1.165) is 121 Å². The normalized spacial score (nSPS) is 14.2. The standard InChI is InChI=1S/C80H152O17P2/c1-8-9-10-11-12-13-14-15-18-22-29-34-41-49-56-63-80(85)97-76(68-91-78(83)62-55-48-43-36-39-46-53-60-73(6)7)70-95-99(88,89)93-66-74(81)65-92-98(86,87)94-69-75(67-90-77(82)61-54-47-40-33-28-25-24-27-32-38-45-52-59-72(4)5)96-79(84)64-57-50-42-35-30-23-20-17-16-19-21-26-31-37-44-51-58-71(2)3/h13-15,18,71-76,81H,8-12,16-17,19-70H2,1-7H3,(H,86,87)(H,88,89)/b14-13-,18-15-/t74?,75-,76-/m1/s1. The van der Waals surface area contributed by atoms with Crippen LogP contribution in [0.1, 0.15) is 389 Å². The molecule has 0 aliphatic rings. The smallest absolute Gasteiger partial charge is 0.462 e. The lowest BCUT2D eigenvalue weighted by Crippen LogP contribution is -2.30. The zero-order valence-corrected chi connectivity index (χ0v) is 66.2. The number of ether oxygens (including phenoxy) is 4. The van der Waals surface area contributed by atoms with E-state index >= 15 is 0 Å². The number of aliphatic hydroxyl groups excluding tert-OH is 1. The molecule has 0 spiro atoms. The van der Waals surface area contributed by atoms with Crippen LogP contribution in [0.3, 0.4) is 0 Å². The first-order valence-corrected chi connectivity index (χ1v) is 43.7. The molecular weight excluding hydrogens is 1290 g/mol. The maximum Gasteiger partial charge on any atom is 0.472 e. The van der Waals surface area contributed by atoms with Crippen molar-refractivity contribution in [1.29, 1.82) is 0 Å². The molecule has 0 amide bonds. The maximum atomic E-state index is 13.1. The molecule has 0 saturated heterocycles. The Bertz CT molecular complexity index is 2020. The van der Waals surface area contributed by atoms with Crippen LogP contribution in [-0.2, 0) is 65.4 Å². The minimum Gasteiger partial charge on any atom is -0.462 e. The van der Waals surface area contributed by atoms with Crippen molar-refractivity contribution in [2.75, 3.05) is 39.6 Å². The van der Waals surface area contributed by atoms with Crippen molar-refractivity contribution in [1.82, 2.24) is 0 Å². The number of phosphoric ester groups is 2. The first kappa shape index (κ1) is 96.5. The molecule has 584 valence electrons. The van der Waals surface area contributed by atoms with Crippen molar-refractivity contribution in [3.63, 3.8) is 0 Å². The summed E-state index contributed by atoms with van der Waals surface area (Å²) in [5.74, 6) is 0.146. The second-order valence-electron chi connectivity index (χ2n) is 29.5. The van der Waals surface area contributed by atoms with Crippen LogP contribution in [0.2, 0.25) is 0 Å². The van der Waals surface area contributed by atoms with Gasteiger partial charge in [0.1, 0.15) is 19.3 Å². The molecule has 0 aromatic rings. The summed E-state index contributed by atoms with van der Waals surface area (Å²) in [5, 5.41) is 10.6. The van der Waals surface area contributed by atoms with Gasteiger partial charge >= 0.3 is 39.5 Å². The minimum atomic E-state index is -4.97. The molecule has 3 N–H and O–H groups in total. The molecule has 17 nitrogen and oxygen atoms in total. The maximum absolute atomic E-state index is 13.1. The van der Waals surface area contributed by atoms with E-state index in [1.165, 1.54) is 180 Å². The molecule has 0 rings (SSSR count). The highest BCUT2D eigenvalue weighted by atomic mass is 31.2. The van der Waals surface area contributed by atoms with Crippen LogP contribution in [0, 0.1) is 17.8 Å². The van der Waals surface area contributed by atoms with Crippen molar-refractivity contribution in [3.8, 4) is 0 Å². The van der Waals surface area contributed by atoms with E-state index in [1.807, 2.05) is 0 Å².